The van der Waals surface area contributed by atoms with E-state index in [0.29, 0.717) is 0 Å². The van der Waals surface area contributed by atoms with Crippen LogP contribution in [0.15, 0.2) is 189 Å². The van der Waals surface area contributed by atoms with Crippen LogP contribution in [0.5, 0.6) is 0 Å². The molecule has 0 N–H and O–H groups in total. The van der Waals surface area contributed by atoms with Crippen molar-refractivity contribution in [1.82, 2.24) is 52.3 Å². The van der Waals surface area contributed by atoms with Gasteiger partial charge in [0.2, 0.25) is 0 Å². The van der Waals surface area contributed by atoms with Crippen LogP contribution in [-0.4, -0.2) is 52.3 Å². The van der Waals surface area contributed by atoms with Crippen molar-refractivity contribution in [2.75, 3.05) is 0 Å². The second-order valence-corrected chi connectivity index (χ2v) is 26.3. The highest BCUT2D eigenvalue weighted by molar-refractivity contribution is 6.14. The summed E-state index contributed by atoms with van der Waals surface area (Å²) in [6.45, 7) is 73.6. The monoisotopic (exact) mass is 1620 g/mol. The molecule has 0 bridgehead atoms. The number of benzene rings is 7. The molecule has 11 heterocycles. The van der Waals surface area contributed by atoms with Crippen LogP contribution >= 0.6 is 0 Å². The van der Waals surface area contributed by atoms with Crippen LogP contribution in [0.1, 0.15) is 233 Å². The van der Waals surface area contributed by atoms with Gasteiger partial charge in [-0.05, 0) is 157 Å². The van der Waals surface area contributed by atoms with E-state index in [1.54, 1.807) is 0 Å². The van der Waals surface area contributed by atoms with E-state index >= 15 is 0 Å². The largest absolute Gasteiger partial charge is 0.343 e. The van der Waals surface area contributed by atoms with Crippen LogP contribution in [0.4, 0.5) is 0 Å². The fourth-order valence-electron chi connectivity index (χ4n) is 15.9. The van der Waals surface area contributed by atoms with Crippen molar-refractivity contribution in [3.05, 3.63) is 256 Å². The van der Waals surface area contributed by atoms with E-state index in [1.807, 2.05) is 210 Å². The molecular formula is C109H157N11. The van der Waals surface area contributed by atoms with Crippen molar-refractivity contribution < 1.29 is 0 Å². The number of nitrogens with zero attached hydrogens (tertiary/aromatic N) is 11. The Morgan fingerprint density at radius 2 is 0.350 bits per heavy atom. The molecule has 0 atom stereocenters. The van der Waals surface area contributed by atoms with E-state index < -0.39 is 0 Å². The Balaban J connectivity index is 0.000000684. The minimum absolute atomic E-state index is 1.09. The molecule has 18 rings (SSSR count). The molecule has 11 aromatic heterocycles. The first kappa shape index (κ1) is 107. The third-order valence-electron chi connectivity index (χ3n) is 19.9. The molecular weight excluding hydrogens is 1460 g/mol. The van der Waals surface area contributed by atoms with Gasteiger partial charge in [-0.1, -0.05) is 294 Å². The maximum atomic E-state index is 4.51. The first-order valence-electron chi connectivity index (χ1n) is 45.1. The lowest BCUT2D eigenvalue weighted by Gasteiger charge is -2.02. The number of pyridine rings is 5. The Morgan fingerprint density at radius 1 is 0.167 bits per heavy atom. The molecule has 648 valence electrons. The van der Waals surface area contributed by atoms with E-state index in [1.165, 1.54) is 181 Å². The van der Waals surface area contributed by atoms with Crippen LogP contribution in [0.25, 0.3) is 131 Å². The summed E-state index contributed by atoms with van der Waals surface area (Å²) in [5.74, 6) is 0. The maximum Gasteiger partial charge on any atom is 0.0962 e. The highest BCUT2D eigenvalue weighted by Crippen LogP contribution is 2.37. The van der Waals surface area contributed by atoms with E-state index in [-0.39, 0.29) is 0 Å². The van der Waals surface area contributed by atoms with Gasteiger partial charge in [-0.15, -0.1) is 0 Å². The van der Waals surface area contributed by atoms with Gasteiger partial charge in [0.05, 0.1) is 83.1 Å². The maximum absolute atomic E-state index is 4.51. The van der Waals surface area contributed by atoms with Crippen LogP contribution < -0.4 is 0 Å². The van der Waals surface area contributed by atoms with Gasteiger partial charge >= 0.3 is 0 Å². The molecule has 0 amide bonds. The summed E-state index contributed by atoms with van der Waals surface area (Å²) in [6, 6.07) is 51.5. The summed E-state index contributed by atoms with van der Waals surface area (Å²) >= 11 is 0. The molecule has 0 radical (unpaired) electrons. The zero-order chi connectivity index (χ0) is 91.7. The van der Waals surface area contributed by atoms with E-state index in [9.17, 15) is 0 Å². The molecule has 0 unspecified atom stereocenters. The lowest BCUT2D eigenvalue weighted by molar-refractivity contribution is 0.992. The molecule has 120 heavy (non-hydrogen) atoms. The fourth-order valence-corrected chi connectivity index (χ4v) is 15.9. The molecule has 0 fully saturated rings. The number of fused-ring (bicyclic) bond motifs is 18. The van der Waals surface area contributed by atoms with Crippen LogP contribution in [0.3, 0.4) is 0 Å². The van der Waals surface area contributed by atoms with Gasteiger partial charge in [0.25, 0.3) is 0 Å². The Morgan fingerprint density at radius 3 is 0.608 bits per heavy atom. The zero-order valence-corrected chi connectivity index (χ0v) is 82.8. The molecule has 0 spiro atoms. The quantitative estimate of drug-likeness (QED) is 0.151. The standard InChI is InChI=1S/C15H15N.5C14H14N2.12C2H6/c1-10-6-4-8-12-13-9-5-7-11(2)15(13)16(3)14(10)12;2*1-9-5-4-6-11-12-8-15-7-10(2)14(12)16(3)13(9)11;2*1-9-5-4-6-11-12-7-8-15-10(2)14(12)16(3)13(9)11;1-9-5-4-6-11-12-14(16(3)13(9)11)10(2)7-8-15-12;12*1-2/h4-9H,1-3H3;5*4-8H,1-3H3;12*1-2H3. The fraction of sp³-hybridized carbons (Fsp3) is 0.385. The summed E-state index contributed by atoms with van der Waals surface area (Å²) in [5, 5.41) is 14.3. The van der Waals surface area contributed by atoms with E-state index in [2.05, 4.69) is 323 Å². The highest BCUT2D eigenvalue weighted by atomic mass is 15.0. The molecule has 0 saturated carbocycles. The van der Waals surface area contributed by atoms with Crippen molar-refractivity contribution in [3.8, 4) is 0 Å². The van der Waals surface area contributed by atoms with Crippen molar-refractivity contribution in [2.45, 2.75) is 249 Å². The number of aromatic nitrogens is 11. The molecule has 0 aliphatic carbocycles. The smallest absolute Gasteiger partial charge is 0.0962 e. The number of para-hydroxylation sites is 7. The van der Waals surface area contributed by atoms with Crippen molar-refractivity contribution in [2.24, 2.45) is 42.3 Å². The minimum atomic E-state index is 1.09. The van der Waals surface area contributed by atoms with Gasteiger partial charge in [0.1, 0.15) is 0 Å². The third kappa shape index (κ3) is 23.0. The topological polar surface area (TPSA) is 94.0 Å². The van der Waals surface area contributed by atoms with Gasteiger partial charge in [-0.25, -0.2) is 0 Å². The van der Waals surface area contributed by atoms with Crippen molar-refractivity contribution >= 4 is 131 Å². The molecule has 11 nitrogen and oxygen atoms in total. The number of aryl methyl sites for hydroxylation is 18. The summed E-state index contributed by atoms with van der Waals surface area (Å²) < 4.78 is 13.6. The average molecular weight is 1620 g/mol. The molecule has 18 aromatic rings. The summed E-state index contributed by atoms with van der Waals surface area (Å²) in [4.78, 5) is 21.8. The SMILES string of the molecule is CC.CC.CC.CC.CC.CC.CC.CC.CC.CC.CC.CC.Cc1cccc2c3cccc(C)c3n(C)c12.Cc1cccc2c3ccnc(C)c3n(C)c12.Cc1cccc2c3ccnc(C)c3n(C)c12.Cc1cccc2c3cncc(C)c3n(C)c12.Cc1cccc2c3cncc(C)c3n(C)c12.Cc1cccc2c3nccc(C)c3n(C)c12. The van der Waals surface area contributed by atoms with Crippen molar-refractivity contribution in [1.29, 1.82) is 0 Å². The number of rotatable bonds is 0. The van der Waals surface area contributed by atoms with Crippen LogP contribution in [0.2, 0.25) is 0 Å². The first-order chi connectivity index (χ1) is 58.2. The molecule has 0 saturated heterocycles. The Bertz CT molecular complexity index is 4760. The summed E-state index contributed by atoms with van der Waals surface area (Å²) in [7, 11) is 12.8. The highest BCUT2D eigenvalue weighted by Gasteiger charge is 2.18. The van der Waals surface area contributed by atoms with Gasteiger partial charge < -0.3 is 27.4 Å². The van der Waals surface area contributed by atoms with Gasteiger partial charge in [-0.3, -0.25) is 24.9 Å². The normalized spacial score (nSPS) is 9.75. The lowest BCUT2D eigenvalue weighted by atomic mass is 10.1. The number of hydrogen-bond acceptors (Lipinski definition) is 5. The predicted octanol–water partition coefficient (Wildman–Crippen LogP) is 33.0. The second kappa shape index (κ2) is 54.3. The van der Waals surface area contributed by atoms with Crippen LogP contribution in [0, 0.1) is 83.1 Å². The molecule has 0 aliphatic heterocycles. The summed E-state index contributed by atoms with van der Waals surface area (Å²) in [6.07, 6.45) is 13.4. The first-order valence-corrected chi connectivity index (χ1v) is 45.1. The Hall–Kier alpha value is -10.9. The molecule has 7 aromatic carbocycles. The molecule has 0 aliphatic rings. The average Bonchev–Trinajstić information content (AvgIpc) is 1.65. The Labute approximate surface area is 726 Å². The zero-order valence-electron chi connectivity index (χ0n) is 82.8. The molecule has 11 heteroatoms. The van der Waals surface area contributed by atoms with Gasteiger partial charge in [0, 0.05) is 145 Å². The van der Waals surface area contributed by atoms with Gasteiger partial charge in [-0.2, -0.15) is 0 Å². The lowest BCUT2D eigenvalue weighted by Crippen LogP contribution is -1.92. The third-order valence-corrected chi connectivity index (χ3v) is 19.9. The van der Waals surface area contributed by atoms with E-state index in [0.717, 1.165) is 16.9 Å². The summed E-state index contributed by atoms with van der Waals surface area (Å²) in [5.41, 5.74) is 31.9. The van der Waals surface area contributed by atoms with E-state index in [4.69, 9.17) is 0 Å². The van der Waals surface area contributed by atoms with Crippen LogP contribution in [-0.2, 0) is 42.3 Å². The second-order valence-electron chi connectivity index (χ2n) is 26.3. The predicted molar refractivity (Wildman–Crippen MR) is 545 cm³/mol. The van der Waals surface area contributed by atoms with Gasteiger partial charge in [0.15, 0.2) is 0 Å². The van der Waals surface area contributed by atoms with Crippen molar-refractivity contribution in [3.63, 3.8) is 0 Å². The minimum Gasteiger partial charge on any atom is -0.343 e. The number of hydrogen-bond donors (Lipinski definition) is 0. The Kier molecular flexibility index (Phi) is 48.5.